The van der Waals surface area contributed by atoms with Gasteiger partial charge in [0.2, 0.25) is 5.91 Å². The standard InChI is InChI=1S/C15H25N3O2/c1-5-6-18(10-15(19)17-4)13-7-12(16)8-14(9-13)20-11(2)3/h7-9,11H,5-6,10,16H2,1-4H3,(H,17,19). The number of hydrogen-bond acceptors (Lipinski definition) is 4. The zero-order valence-corrected chi connectivity index (χ0v) is 12.8. The first-order valence-electron chi connectivity index (χ1n) is 6.99. The maximum absolute atomic E-state index is 11.6. The first-order valence-corrected chi connectivity index (χ1v) is 6.99. The van der Waals surface area contributed by atoms with E-state index in [1.54, 1.807) is 13.1 Å². The molecule has 0 aliphatic rings. The van der Waals surface area contributed by atoms with Crippen molar-refractivity contribution in [2.45, 2.75) is 33.3 Å². The summed E-state index contributed by atoms with van der Waals surface area (Å²) >= 11 is 0. The number of rotatable bonds is 7. The fraction of sp³-hybridized carbons (Fsp3) is 0.533. The fourth-order valence-electron chi connectivity index (χ4n) is 1.95. The monoisotopic (exact) mass is 279 g/mol. The minimum Gasteiger partial charge on any atom is -0.491 e. The van der Waals surface area contributed by atoms with Crippen LogP contribution in [0.4, 0.5) is 11.4 Å². The van der Waals surface area contributed by atoms with Gasteiger partial charge in [0.25, 0.3) is 0 Å². The zero-order chi connectivity index (χ0) is 15.1. The normalized spacial score (nSPS) is 10.4. The molecule has 0 atom stereocenters. The average molecular weight is 279 g/mol. The minimum atomic E-state index is -0.0211. The molecule has 0 aromatic heterocycles. The molecule has 0 aliphatic heterocycles. The Morgan fingerprint density at radius 3 is 2.65 bits per heavy atom. The first kappa shape index (κ1) is 16.1. The van der Waals surface area contributed by atoms with Crippen molar-refractivity contribution < 1.29 is 9.53 Å². The van der Waals surface area contributed by atoms with Crippen LogP contribution in [-0.2, 0) is 4.79 Å². The molecule has 0 saturated carbocycles. The molecule has 20 heavy (non-hydrogen) atoms. The molecule has 0 heterocycles. The highest BCUT2D eigenvalue weighted by Crippen LogP contribution is 2.26. The average Bonchev–Trinajstić information content (AvgIpc) is 2.36. The largest absolute Gasteiger partial charge is 0.491 e. The molecule has 1 aromatic rings. The third-order valence-electron chi connectivity index (χ3n) is 2.76. The van der Waals surface area contributed by atoms with Crippen LogP contribution in [0.5, 0.6) is 5.75 Å². The Kier molecular flexibility index (Phi) is 6.15. The number of nitrogens with two attached hydrogens (primary N) is 1. The molecular formula is C15H25N3O2. The Hall–Kier alpha value is -1.91. The van der Waals surface area contributed by atoms with Crippen molar-refractivity contribution in [3.8, 4) is 5.75 Å². The SMILES string of the molecule is CCCN(CC(=O)NC)c1cc(N)cc(OC(C)C)c1. The highest BCUT2D eigenvalue weighted by molar-refractivity contribution is 5.81. The maximum Gasteiger partial charge on any atom is 0.239 e. The molecule has 1 rings (SSSR count). The lowest BCUT2D eigenvalue weighted by molar-refractivity contribution is -0.119. The third-order valence-corrected chi connectivity index (χ3v) is 2.76. The molecule has 5 nitrogen and oxygen atoms in total. The smallest absolute Gasteiger partial charge is 0.239 e. The Bertz CT molecular complexity index is 447. The van der Waals surface area contributed by atoms with Crippen LogP contribution < -0.4 is 20.7 Å². The number of amides is 1. The maximum atomic E-state index is 11.6. The van der Waals surface area contributed by atoms with Gasteiger partial charge in [-0.25, -0.2) is 0 Å². The van der Waals surface area contributed by atoms with Gasteiger partial charge in [-0.05, 0) is 26.3 Å². The molecule has 0 saturated heterocycles. The lowest BCUT2D eigenvalue weighted by atomic mass is 10.2. The Morgan fingerprint density at radius 1 is 1.40 bits per heavy atom. The van der Waals surface area contributed by atoms with E-state index in [0.717, 1.165) is 24.4 Å². The van der Waals surface area contributed by atoms with E-state index < -0.39 is 0 Å². The van der Waals surface area contributed by atoms with Gasteiger partial charge in [0.05, 0.1) is 12.6 Å². The summed E-state index contributed by atoms with van der Waals surface area (Å²) in [6, 6.07) is 5.59. The van der Waals surface area contributed by atoms with Gasteiger partial charge < -0.3 is 20.7 Å². The zero-order valence-electron chi connectivity index (χ0n) is 12.8. The molecule has 0 unspecified atom stereocenters. The van der Waals surface area contributed by atoms with E-state index in [0.29, 0.717) is 12.2 Å². The number of benzene rings is 1. The number of carbonyl (C=O) groups excluding carboxylic acids is 1. The van der Waals surface area contributed by atoms with Crippen LogP contribution in [0.2, 0.25) is 0 Å². The number of likely N-dealkylation sites (N-methyl/N-ethyl adjacent to an activating group) is 1. The number of ether oxygens (including phenoxy) is 1. The van der Waals surface area contributed by atoms with Crippen LogP contribution in [-0.4, -0.2) is 32.1 Å². The summed E-state index contributed by atoms with van der Waals surface area (Å²) in [6.07, 6.45) is 1.04. The number of nitrogens with one attached hydrogen (secondary N) is 1. The Balaban J connectivity index is 2.99. The molecule has 0 radical (unpaired) electrons. The van der Waals surface area contributed by atoms with Gasteiger partial charge in [-0.3, -0.25) is 4.79 Å². The summed E-state index contributed by atoms with van der Waals surface area (Å²) in [4.78, 5) is 13.6. The molecule has 0 bridgehead atoms. The molecule has 3 N–H and O–H groups in total. The number of nitrogen functional groups attached to an aromatic ring is 1. The van der Waals surface area contributed by atoms with Gasteiger partial charge in [-0.15, -0.1) is 0 Å². The molecular weight excluding hydrogens is 254 g/mol. The summed E-state index contributed by atoms with van der Waals surface area (Å²) in [5, 5.41) is 2.64. The summed E-state index contributed by atoms with van der Waals surface area (Å²) in [5.41, 5.74) is 7.47. The highest BCUT2D eigenvalue weighted by Gasteiger charge is 2.12. The first-order chi connectivity index (χ1) is 9.46. The van der Waals surface area contributed by atoms with Gasteiger partial charge in [0.1, 0.15) is 5.75 Å². The Morgan fingerprint density at radius 2 is 2.10 bits per heavy atom. The lowest BCUT2D eigenvalue weighted by Gasteiger charge is -2.24. The Labute approximate surface area is 121 Å². The molecule has 0 spiro atoms. The number of hydrogen-bond donors (Lipinski definition) is 2. The van der Waals surface area contributed by atoms with Crippen molar-refractivity contribution in [3.05, 3.63) is 18.2 Å². The summed E-state index contributed by atoms with van der Waals surface area (Å²) in [6.45, 7) is 7.12. The van der Waals surface area contributed by atoms with Gasteiger partial charge in [0, 0.05) is 37.1 Å². The van der Waals surface area contributed by atoms with E-state index in [9.17, 15) is 4.79 Å². The fourth-order valence-corrected chi connectivity index (χ4v) is 1.95. The number of carbonyl (C=O) groups is 1. The molecule has 0 aliphatic carbocycles. The van der Waals surface area contributed by atoms with E-state index in [1.807, 2.05) is 30.9 Å². The van der Waals surface area contributed by atoms with Gasteiger partial charge in [-0.1, -0.05) is 6.92 Å². The van der Waals surface area contributed by atoms with Crippen LogP contribution in [0.1, 0.15) is 27.2 Å². The number of nitrogens with zero attached hydrogens (tertiary/aromatic N) is 1. The van der Waals surface area contributed by atoms with E-state index >= 15 is 0 Å². The molecule has 1 aromatic carbocycles. The van der Waals surface area contributed by atoms with Crippen LogP contribution in [0.3, 0.4) is 0 Å². The topological polar surface area (TPSA) is 67.6 Å². The van der Waals surface area contributed by atoms with E-state index in [-0.39, 0.29) is 12.0 Å². The van der Waals surface area contributed by atoms with Crippen molar-refractivity contribution >= 4 is 17.3 Å². The predicted molar refractivity (Wildman–Crippen MR) is 83.2 cm³/mol. The van der Waals surface area contributed by atoms with Gasteiger partial charge >= 0.3 is 0 Å². The van der Waals surface area contributed by atoms with Crippen molar-refractivity contribution in [2.75, 3.05) is 30.8 Å². The molecule has 0 fully saturated rings. The van der Waals surface area contributed by atoms with E-state index in [2.05, 4.69) is 12.2 Å². The van der Waals surface area contributed by atoms with Crippen LogP contribution >= 0.6 is 0 Å². The summed E-state index contributed by atoms with van der Waals surface area (Å²) < 4.78 is 5.69. The van der Waals surface area contributed by atoms with Gasteiger partial charge in [-0.2, -0.15) is 0 Å². The van der Waals surface area contributed by atoms with Gasteiger partial charge in [0.15, 0.2) is 0 Å². The highest BCUT2D eigenvalue weighted by atomic mass is 16.5. The quantitative estimate of drug-likeness (QED) is 0.749. The van der Waals surface area contributed by atoms with Crippen molar-refractivity contribution in [2.24, 2.45) is 0 Å². The second-order valence-corrected chi connectivity index (χ2v) is 5.02. The second-order valence-electron chi connectivity index (χ2n) is 5.02. The minimum absolute atomic E-state index is 0.0211. The third kappa shape index (κ3) is 4.99. The summed E-state index contributed by atoms with van der Waals surface area (Å²) in [5.74, 6) is 0.709. The number of anilines is 2. The molecule has 112 valence electrons. The lowest BCUT2D eigenvalue weighted by Crippen LogP contribution is -2.36. The molecule has 5 heteroatoms. The van der Waals surface area contributed by atoms with Crippen LogP contribution in [0.25, 0.3) is 0 Å². The van der Waals surface area contributed by atoms with Crippen LogP contribution in [0.15, 0.2) is 18.2 Å². The van der Waals surface area contributed by atoms with E-state index in [1.165, 1.54) is 0 Å². The van der Waals surface area contributed by atoms with Crippen LogP contribution in [0, 0.1) is 0 Å². The molecule has 1 amide bonds. The van der Waals surface area contributed by atoms with Crippen molar-refractivity contribution in [3.63, 3.8) is 0 Å². The predicted octanol–water partition coefficient (Wildman–Crippen LogP) is 2.02. The summed E-state index contributed by atoms with van der Waals surface area (Å²) in [7, 11) is 1.64. The second kappa shape index (κ2) is 7.62. The van der Waals surface area contributed by atoms with Crippen molar-refractivity contribution in [1.29, 1.82) is 0 Å². The van der Waals surface area contributed by atoms with E-state index in [4.69, 9.17) is 10.5 Å². The van der Waals surface area contributed by atoms with Crippen molar-refractivity contribution in [1.82, 2.24) is 5.32 Å².